The van der Waals surface area contributed by atoms with Gasteiger partial charge in [0, 0.05) is 29.6 Å². The molecule has 0 amide bonds. The second-order valence-corrected chi connectivity index (χ2v) is 8.69. The Morgan fingerprint density at radius 1 is 1.24 bits per heavy atom. The van der Waals surface area contributed by atoms with Crippen LogP contribution in [0.25, 0.3) is 10.9 Å². The number of fused-ring (bicyclic) bond motifs is 6. The molecule has 0 bridgehead atoms. The minimum atomic E-state index is -0.801. The highest BCUT2D eigenvalue weighted by molar-refractivity contribution is 5.87. The van der Waals surface area contributed by atoms with Gasteiger partial charge in [-0.05, 0) is 42.7 Å². The molecule has 3 N–H and O–H groups in total. The number of nitrogens with zero attached hydrogens (tertiary/aromatic N) is 1. The molecular weight excluding hydrogens is 372 g/mol. The van der Waals surface area contributed by atoms with Gasteiger partial charge in [0.15, 0.2) is 0 Å². The largest absolute Gasteiger partial charge is 0.480 e. The van der Waals surface area contributed by atoms with Crippen molar-refractivity contribution in [2.45, 2.75) is 43.9 Å². The van der Waals surface area contributed by atoms with E-state index in [1.807, 2.05) is 24.3 Å². The number of hydrogen-bond donors (Lipinski definition) is 3. The maximum absolute atomic E-state index is 12.5. The van der Waals surface area contributed by atoms with Crippen LogP contribution in [0.4, 0.5) is 0 Å². The molecule has 3 aliphatic rings. The summed E-state index contributed by atoms with van der Waals surface area (Å²) in [5.74, 6) is -1.53. The van der Waals surface area contributed by atoms with Crippen LogP contribution in [0.15, 0.2) is 24.3 Å². The Labute approximate surface area is 168 Å². The lowest BCUT2D eigenvalue weighted by molar-refractivity contribution is -0.164. The zero-order valence-corrected chi connectivity index (χ0v) is 16.4. The van der Waals surface area contributed by atoms with Crippen LogP contribution in [-0.4, -0.2) is 57.8 Å². The molecule has 3 heterocycles. The normalized spacial score (nSPS) is 34.1. The zero-order chi connectivity index (χ0) is 20.3. The van der Waals surface area contributed by atoms with E-state index in [9.17, 15) is 19.8 Å². The fourth-order valence-electron chi connectivity index (χ4n) is 6.08. The molecule has 29 heavy (non-hydrogen) atoms. The Kier molecular flexibility index (Phi) is 4.40. The van der Waals surface area contributed by atoms with E-state index in [2.05, 4.69) is 9.88 Å². The fourth-order valence-corrected chi connectivity index (χ4v) is 6.08. The molecule has 1 aromatic heterocycles. The molecule has 5 rings (SSSR count). The molecule has 2 aliphatic heterocycles. The van der Waals surface area contributed by atoms with Crippen LogP contribution in [-0.2, 0) is 20.7 Å². The lowest BCUT2D eigenvalue weighted by atomic mass is 9.64. The SMILES string of the molecule is COC(=O)C1C(O)CCC2CN3C(C(=O)O)Cc4c([nH]c5ccccc45)C3CC21. The minimum Gasteiger partial charge on any atom is -0.480 e. The van der Waals surface area contributed by atoms with Gasteiger partial charge < -0.3 is 19.9 Å². The van der Waals surface area contributed by atoms with Gasteiger partial charge >= 0.3 is 11.9 Å². The van der Waals surface area contributed by atoms with Crippen molar-refractivity contribution < 1.29 is 24.5 Å². The molecule has 2 fully saturated rings. The molecule has 154 valence electrons. The van der Waals surface area contributed by atoms with Crippen molar-refractivity contribution in [3.8, 4) is 0 Å². The summed E-state index contributed by atoms with van der Waals surface area (Å²) in [5, 5.41) is 21.6. The number of para-hydroxylation sites is 1. The highest BCUT2D eigenvalue weighted by atomic mass is 16.5. The molecule has 6 atom stereocenters. The maximum Gasteiger partial charge on any atom is 0.321 e. The van der Waals surface area contributed by atoms with Crippen molar-refractivity contribution in [2.75, 3.05) is 13.7 Å². The average molecular weight is 398 g/mol. The first-order valence-corrected chi connectivity index (χ1v) is 10.3. The number of aliphatic carboxylic acids is 1. The number of carbonyl (C=O) groups is 2. The summed E-state index contributed by atoms with van der Waals surface area (Å²) in [6.45, 7) is 0.626. The predicted molar refractivity (Wildman–Crippen MR) is 105 cm³/mol. The Morgan fingerprint density at radius 3 is 2.79 bits per heavy atom. The Balaban J connectivity index is 1.59. The molecule has 7 heteroatoms. The molecule has 0 spiro atoms. The molecule has 1 aliphatic carbocycles. The number of hydrogen-bond acceptors (Lipinski definition) is 5. The first-order chi connectivity index (χ1) is 14.0. The number of ether oxygens (including phenoxy) is 1. The van der Waals surface area contributed by atoms with Crippen molar-refractivity contribution in [1.82, 2.24) is 9.88 Å². The van der Waals surface area contributed by atoms with Gasteiger partial charge in [-0.3, -0.25) is 14.5 Å². The third-order valence-electron chi connectivity index (χ3n) is 7.39. The number of methoxy groups -OCH3 is 1. The zero-order valence-electron chi connectivity index (χ0n) is 16.4. The number of rotatable bonds is 2. The predicted octanol–water partition coefficient (Wildman–Crippen LogP) is 2.10. The van der Waals surface area contributed by atoms with E-state index in [0.29, 0.717) is 25.8 Å². The maximum atomic E-state index is 12.5. The van der Waals surface area contributed by atoms with Crippen molar-refractivity contribution in [2.24, 2.45) is 17.8 Å². The van der Waals surface area contributed by atoms with E-state index in [1.54, 1.807) is 0 Å². The summed E-state index contributed by atoms with van der Waals surface area (Å²) in [4.78, 5) is 30.2. The van der Waals surface area contributed by atoms with Gasteiger partial charge in [-0.1, -0.05) is 18.2 Å². The van der Waals surface area contributed by atoms with Gasteiger partial charge in [0.1, 0.15) is 6.04 Å². The molecule has 0 radical (unpaired) electrons. The van der Waals surface area contributed by atoms with Gasteiger partial charge in [-0.15, -0.1) is 0 Å². The Hall–Kier alpha value is -2.38. The number of nitrogens with one attached hydrogen (secondary N) is 1. The smallest absolute Gasteiger partial charge is 0.321 e. The van der Waals surface area contributed by atoms with Gasteiger partial charge in [0.25, 0.3) is 0 Å². The third-order valence-corrected chi connectivity index (χ3v) is 7.39. The molecule has 1 saturated heterocycles. The lowest BCUT2D eigenvalue weighted by Gasteiger charge is -2.52. The second-order valence-electron chi connectivity index (χ2n) is 8.69. The number of aromatic amines is 1. The van der Waals surface area contributed by atoms with Crippen LogP contribution in [0.2, 0.25) is 0 Å². The molecular formula is C22H26N2O5. The van der Waals surface area contributed by atoms with Gasteiger partial charge in [0.05, 0.1) is 25.2 Å². The van der Waals surface area contributed by atoms with Gasteiger partial charge in [-0.2, -0.15) is 0 Å². The number of aliphatic hydroxyl groups excluding tert-OH is 1. The van der Waals surface area contributed by atoms with Crippen molar-refractivity contribution >= 4 is 22.8 Å². The summed E-state index contributed by atoms with van der Waals surface area (Å²) < 4.78 is 5.01. The number of carboxylic acid groups (broad SMARTS) is 1. The van der Waals surface area contributed by atoms with E-state index in [1.165, 1.54) is 7.11 Å². The molecule has 6 unspecified atom stereocenters. The number of carbonyl (C=O) groups excluding carboxylic acids is 1. The third kappa shape index (κ3) is 2.79. The van der Waals surface area contributed by atoms with Crippen LogP contribution in [0, 0.1) is 17.8 Å². The lowest BCUT2D eigenvalue weighted by Crippen LogP contribution is -2.57. The van der Waals surface area contributed by atoms with E-state index in [4.69, 9.17) is 4.74 Å². The van der Waals surface area contributed by atoms with E-state index in [0.717, 1.165) is 28.6 Å². The number of piperidine rings is 1. The van der Waals surface area contributed by atoms with Crippen molar-refractivity contribution in [3.63, 3.8) is 0 Å². The molecule has 2 aromatic rings. The summed E-state index contributed by atoms with van der Waals surface area (Å²) in [7, 11) is 1.37. The quantitative estimate of drug-likeness (QED) is 0.670. The monoisotopic (exact) mass is 398 g/mol. The van der Waals surface area contributed by atoms with Crippen molar-refractivity contribution in [1.29, 1.82) is 0 Å². The van der Waals surface area contributed by atoms with Crippen molar-refractivity contribution in [3.05, 3.63) is 35.5 Å². The van der Waals surface area contributed by atoms with Crippen LogP contribution in [0.3, 0.4) is 0 Å². The summed E-state index contributed by atoms with van der Waals surface area (Å²) in [5.41, 5.74) is 3.14. The topological polar surface area (TPSA) is 103 Å². The molecule has 1 saturated carbocycles. The highest BCUT2D eigenvalue weighted by Gasteiger charge is 2.52. The number of esters is 1. The summed E-state index contributed by atoms with van der Waals surface area (Å²) >= 11 is 0. The van der Waals surface area contributed by atoms with E-state index >= 15 is 0 Å². The summed E-state index contributed by atoms with van der Waals surface area (Å²) in [6.07, 6.45) is 1.77. The van der Waals surface area contributed by atoms with Crippen LogP contribution >= 0.6 is 0 Å². The van der Waals surface area contributed by atoms with Gasteiger partial charge in [-0.25, -0.2) is 0 Å². The van der Waals surface area contributed by atoms with Gasteiger partial charge in [0.2, 0.25) is 0 Å². The van der Waals surface area contributed by atoms with Crippen LogP contribution < -0.4 is 0 Å². The average Bonchev–Trinajstić information content (AvgIpc) is 3.10. The Bertz CT molecular complexity index is 969. The second kappa shape index (κ2) is 6.85. The van der Waals surface area contributed by atoms with Crippen LogP contribution in [0.5, 0.6) is 0 Å². The standard InChI is InChI=1S/C22H26N2O5/c1-29-22(28)19-13-8-16-20-14(12-4-2-3-5-15(12)23-20)9-17(21(26)27)24(16)10-11(13)6-7-18(19)25/h2-5,11,13,16-19,23,25H,6-10H2,1H3,(H,26,27). The first kappa shape index (κ1) is 18.6. The fraction of sp³-hybridized carbons (Fsp3) is 0.545. The molecule has 1 aromatic carbocycles. The van der Waals surface area contributed by atoms with E-state index in [-0.39, 0.29) is 23.8 Å². The van der Waals surface area contributed by atoms with Crippen LogP contribution in [0.1, 0.15) is 36.6 Å². The number of benzene rings is 1. The first-order valence-electron chi connectivity index (χ1n) is 10.3. The highest BCUT2D eigenvalue weighted by Crippen LogP contribution is 2.50. The summed E-state index contributed by atoms with van der Waals surface area (Å²) in [6, 6.07) is 7.31. The minimum absolute atomic E-state index is 0.0146. The molecule has 7 nitrogen and oxygen atoms in total. The van der Waals surface area contributed by atoms with E-state index < -0.39 is 24.0 Å². The number of carboxylic acids is 1. The number of H-pyrrole nitrogens is 1. The number of aromatic nitrogens is 1. The Morgan fingerprint density at radius 2 is 2.03 bits per heavy atom. The number of aliphatic hydroxyl groups is 1.